The zero-order valence-corrected chi connectivity index (χ0v) is 25.2. The zero-order valence-electron chi connectivity index (χ0n) is 24.2. The molecule has 2 amide bonds. The standard InChI is InChI=1S/C26H49BN2O6Si/c1-11-12-13-14-15-16-18(28-24(32)34-25(2,3)4)22(30)29-19(23(31)33-8)17-20(21(29)27)35-36(9,10)26(5,6)7/h11,18-21H,1,12-17,27H2,2-10H3,(H,28,32)/t18-,19-,20?,21?/m0/s1. The Morgan fingerprint density at radius 1 is 1.14 bits per heavy atom. The molecule has 0 bridgehead atoms. The molecule has 0 radical (unpaired) electrons. The Hall–Kier alpha value is -1.81. The van der Waals surface area contributed by atoms with Crippen molar-refractivity contribution in [3.05, 3.63) is 12.7 Å². The topological polar surface area (TPSA) is 94.2 Å². The highest BCUT2D eigenvalue weighted by molar-refractivity contribution is 6.74. The molecule has 0 aliphatic carbocycles. The zero-order chi connectivity index (χ0) is 27.9. The number of alkyl carbamates (subject to hydrolysis) is 1. The van der Waals surface area contributed by atoms with E-state index < -0.39 is 38.1 Å². The summed E-state index contributed by atoms with van der Waals surface area (Å²) in [4.78, 5) is 40.8. The highest BCUT2D eigenvalue weighted by atomic mass is 28.4. The van der Waals surface area contributed by atoms with Gasteiger partial charge in [-0.15, -0.1) is 6.58 Å². The Bertz CT molecular complexity index is 777. The number of methoxy groups -OCH3 is 1. The van der Waals surface area contributed by atoms with Gasteiger partial charge < -0.3 is 24.1 Å². The minimum Gasteiger partial charge on any atom is -0.467 e. The fourth-order valence-electron chi connectivity index (χ4n) is 4.10. The maximum absolute atomic E-state index is 13.9. The van der Waals surface area contributed by atoms with Crippen molar-refractivity contribution in [1.29, 1.82) is 0 Å². The monoisotopic (exact) mass is 524 g/mol. The summed E-state index contributed by atoms with van der Waals surface area (Å²) in [6.45, 7) is 19.9. The van der Waals surface area contributed by atoms with Gasteiger partial charge in [-0.25, -0.2) is 9.59 Å². The smallest absolute Gasteiger partial charge is 0.408 e. The normalized spacial score (nSPS) is 21.6. The number of ether oxygens (including phenoxy) is 2. The van der Waals surface area contributed by atoms with Crippen LogP contribution in [0, 0.1) is 0 Å². The Morgan fingerprint density at radius 2 is 1.75 bits per heavy atom. The molecule has 10 heteroatoms. The van der Waals surface area contributed by atoms with E-state index in [4.69, 9.17) is 13.9 Å². The number of carbonyl (C=O) groups excluding carboxylic acids is 3. The summed E-state index contributed by atoms with van der Waals surface area (Å²) in [7, 11) is 1.08. The number of likely N-dealkylation sites (tertiary alicyclic amines) is 1. The van der Waals surface area contributed by atoms with Gasteiger partial charge in [0, 0.05) is 12.4 Å². The molecule has 2 unspecified atom stereocenters. The molecule has 0 aromatic heterocycles. The number of amides is 2. The first-order valence-electron chi connectivity index (χ1n) is 13.1. The molecule has 8 nitrogen and oxygen atoms in total. The molecule has 0 saturated carbocycles. The lowest BCUT2D eigenvalue weighted by molar-refractivity contribution is -0.152. The average molecular weight is 525 g/mol. The molecule has 1 saturated heterocycles. The van der Waals surface area contributed by atoms with Gasteiger partial charge in [-0.1, -0.05) is 39.7 Å². The number of unbranched alkanes of at least 4 members (excludes halogenated alkanes) is 3. The molecule has 1 N–H and O–H groups in total. The first-order chi connectivity index (χ1) is 16.4. The van der Waals surface area contributed by atoms with Gasteiger partial charge in [0.1, 0.15) is 25.5 Å². The molecule has 36 heavy (non-hydrogen) atoms. The first-order valence-corrected chi connectivity index (χ1v) is 16.0. The van der Waals surface area contributed by atoms with E-state index in [1.165, 1.54) is 7.11 Å². The highest BCUT2D eigenvalue weighted by Gasteiger charge is 2.50. The lowest BCUT2D eigenvalue weighted by Gasteiger charge is -2.40. The number of allylic oxidation sites excluding steroid dienone is 1. The molecule has 1 aliphatic rings. The first kappa shape index (κ1) is 32.2. The second kappa shape index (κ2) is 13.1. The Kier molecular flexibility index (Phi) is 11.7. The Labute approximate surface area is 220 Å². The largest absolute Gasteiger partial charge is 0.467 e. The van der Waals surface area contributed by atoms with E-state index in [1.54, 1.807) is 25.7 Å². The summed E-state index contributed by atoms with van der Waals surface area (Å²) < 4.78 is 17.1. The minimum atomic E-state index is -2.15. The van der Waals surface area contributed by atoms with Crippen molar-refractivity contribution in [1.82, 2.24) is 10.2 Å². The molecule has 1 fully saturated rings. The van der Waals surface area contributed by atoms with E-state index in [2.05, 4.69) is 45.8 Å². The molecule has 206 valence electrons. The number of nitrogens with zero attached hydrogens (tertiary/aromatic N) is 1. The number of hydrogen-bond donors (Lipinski definition) is 1. The maximum atomic E-state index is 13.9. The molecule has 0 aromatic rings. The van der Waals surface area contributed by atoms with Crippen molar-refractivity contribution in [2.24, 2.45) is 0 Å². The molecular formula is C26H49BN2O6Si. The van der Waals surface area contributed by atoms with Crippen LogP contribution in [0.3, 0.4) is 0 Å². The third-order valence-corrected chi connectivity index (χ3v) is 11.6. The Balaban J connectivity index is 3.20. The third kappa shape index (κ3) is 9.25. The van der Waals surface area contributed by atoms with Gasteiger partial charge in [0.05, 0.1) is 13.2 Å². The van der Waals surface area contributed by atoms with Crippen LogP contribution in [0.15, 0.2) is 12.7 Å². The van der Waals surface area contributed by atoms with Gasteiger partial charge in [0.25, 0.3) is 0 Å². The molecule has 4 atom stereocenters. The fourth-order valence-corrected chi connectivity index (χ4v) is 5.50. The van der Waals surface area contributed by atoms with E-state index in [-0.39, 0.29) is 23.0 Å². The van der Waals surface area contributed by atoms with E-state index >= 15 is 0 Å². The van der Waals surface area contributed by atoms with Crippen molar-refractivity contribution in [3.8, 4) is 0 Å². The van der Waals surface area contributed by atoms with Gasteiger partial charge in [0.2, 0.25) is 5.91 Å². The average Bonchev–Trinajstić information content (AvgIpc) is 3.05. The van der Waals surface area contributed by atoms with Crippen LogP contribution < -0.4 is 5.32 Å². The van der Waals surface area contributed by atoms with Crippen LogP contribution in [0.1, 0.15) is 80.1 Å². The summed E-state index contributed by atoms with van der Waals surface area (Å²) in [5.41, 5.74) is -0.695. The summed E-state index contributed by atoms with van der Waals surface area (Å²) in [6, 6.07) is -1.58. The molecule has 0 spiro atoms. The quantitative estimate of drug-likeness (QED) is 0.189. The predicted molar refractivity (Wildman–Crippen MR) is 148 cm³/mol. The molecule has 1 heterocycles. The van der Waals surface area contributed by atoms with Crippen molar-refractivity contribution in [2.75, 3.05) is 7.11 Å². The highest BCUT2D eigenvalue weighted by Crippen LogP contribution is 2.40. The molecule has 0 aromatic carbocycles. The number of hydrogen-bond acceptors (Lipinski definition) is 6. The summed E-state index contributed by atoms with van der Waals surface area (Å²) in [5, 5.41) is 2.75. The fraction of sp³-hybridized carbons (Fsp3) is 0.808. The van der Waals surface area contributed by atoms with Crippen LogP contribution in [0.5, 0.6) is 0 Å². The Morgan fingerprint density at radius 3 is 2.25 bits per heavy atom. The van der Waals surface area contributed by atoms with Gasteiger partial charge >= 0.3 is 12.1 Å². The summed E-state index contributed by atoms with van der Waals surface area (Å²) in [5.74, 6) is -1.13. The number of carbonyl (C=O) groups is 3. The summed E-state index contributed by atoms with van der Waals surface area (Å²) >= 11 is 0. The van der Waals surface area contributed by atoms with E-state index in [0.717, 1.165) is 25.7 Å². The molecule has 1 rings (SSSR count). The third-order valence-electron chi connectivity index (χ3n) is 7.14. The van der Waals surface area contributed by atoms with Crippen LogP contribution in [0.25, 0.3) is 0 Å². The van der Waals surface area contributed by atoms with Crippen LogP contribution in [0.2, 0.25) is 18.1 Å². The van der Waals surface area contributed by atoms with Crippen LogP contribution in [0.4, 0.5) is 4.79 Å². The lowest BCUT2D eigenvalue weighted by atomic mass is 9.91. The van der Waals surface area contributed by atoms with Gasteiger partial charge in [-0.05, 0) is 58.2 Å². The van der Waals surface area contributed by atoms with Crippen LogP contribution in [-0.2, 0) is 23.5 Å². The molecule has 1 aliphatic heterocycles. The van der Waals surface area contributed by atoms with E-state index in [9.17, 15) is 14.4 Å². The number of nitrogens with one attached hydrogen (secondary N) is 1. The number of esters is 1. The van der Waals surface area contributed by atoms with Gasteiger partial charge in [-0.3, -0.25) is 4.79 Å². The SMILES string of the molecule is BC1C(O[Si](C)(C)C(C)(C)C)C[C@@H](C(=O)OC)N1C(=O)[C@H](CCCCCC=C)NC(=O)OC(C)(C)C. The van der Waals surface area contributed by atoms with Crippen molar-refractivity contribution < 1.29 is 28.3 Å². The van der Waals surface area contributed by atoms with Crippen molar-refractivity contribution in [2.45, 2.75) is 128 Å². The van der Waals surface area contributed by atoms with Crippen LogP contribution >= 0.6 is 0 Å². The second-order valence-electron chi connectivity index (χ2n) is 12.3. The van der Waals surface area contributed by atoms with Gasteiger partial charge in [-0.2, -0.15) is 0 Å². The predicted octanol–water partition coefficient (Wildman–Crippen LogP) is 4.14. The van der Waals surface area contributed by atoms with E-state index in [1.807, 2.05) is 13.9 Å². The van der Waals surface area contributed by atoms with E-state index in [0.29, 0.717) is 12.8 Å². The van der Waals surface area contributed by atoms with Gasteiger partial charge in [0.15, 0.2) is 8.32 Å². The lowest BCUT2D eigenvalue weighted by Crippen LogP contribution is -2.56. The second-order valence-corrected chi connectivity index (χ2v) is 17.1. The minimum absolute atomic E-state index is 0.0167. The summed E-state index contributed by atoms with van der Waals surface area (Å²) in [6.07, 6.45) is 5.24. The number of rotatable bonds is 11. The van der Waals surface area contributed by atoms with Crippen LogP contribution in [-0.4, -0.2) is 75.9 Å². The molecular weight excluding hydrogens is 475 g/mol. The van der Waals surface area contributed by atoms with Crippen molar-refractivity contribution in [3.63, 3.8) is 0 Å². The maximum Gasteiger partial charge on any atom is 0.408 e. The van der Waals surface area contributed by atoms with Crippen molar-refractivity contribution >= 4 is 34.1 Å².